The van der Waals surface area contributed by atoms with Crippen molar-refractivity contribution >= 4 is 5.69 Å². The molecule has 0 spiro atoms. The van der Waals surface area contributed by atoms with Gasteiger partial charge in [0.1, 0.15) is 18.5 Å². The molecule has 2 rings (SSSR count). The average Bonchev–Trinajstić information content (AvgIpc) is 2.74. The number of hydrogen-bond donors (Lipinski definition) is 2. The number of nitrogens with one attached hydrogen (secondary N) is 1. The SMILES string of the molecule is Cc1ccc(OCC(O)CNc2cn(C)nc2C)cc1. The maximum Gasteiger partial charge on any atom is 0.119 e. The number of aliphatic hydroxyl groups excluding tert-OH is 1. The summed E-state index contributed by atoms with van der Waals surface area (Å²) in [6.45, 7) is 4.64. The van der Waals surface area contributed by atoms with Crippen LogP contribution in [0.3, 0.4) is 0 Å². The Morgan fingerprint density at radius 2 is 2.00 bits per heavy atom. The molecule has 1 atom stereocenters. The van der Waals surface area contributed by atoms with Crippen LogP contribution in [0.4, 0.5) is 5.69 Å². The zero-order chi connectivity index (χ0) is 14.5. The lowest BCUT2D eigenvalue weighted by molar-refractivity contribution is 0.117. The number of aliphatic hydroxyl groups is 1. The van der Waals surface area contributed by atoms with Crippen molar-refractivity contribution in [2.24, 2.45) is 7.05 Å². The Labute approximate surface area is 119 Å². The minimum atomic E-state index is -0.573. The molecule has 0 bridgehead atoms. The second kappa shape index (κ2) is 6.43. The summed E-state index contributed by atoms with van der Waals surface area (Å²) in [4.78, 5) is 0. The molecule has 20 heavy (non-hydrogen) atoms. The molecule has 108 valence electrons. The van der Waals surface area contributed by atoms with Crippen molar-refractivity contribution in [2.45, 2.75) is 20.0 Å². The lowest BCUT2D eigenvalue weighted by Crippen LogP contribution is -2.26. The molecule has 0 amide bonds. The van der Waals surface area contributed by atoms with Crippen molar-refractivity contribution in [1.29, 1.82) is 0 Å². The molecule has 1 aromatic carbocycles. The third-order valence-corrected chi connectivity index (χ3v) is 3.00. The van der Waals surface area contributed by atoms with E-state index in [0.717, 1.165) is 17.1 Å². The molecule has 0 fully saturated rings. The van der Waals surface area contributed by atoms with Gasteiger partial charge in [-0.15, -0.1) is 0 Å². The van der Waals surface area contributed by atoms with Crippen molar-refractivity contribution in [2.75, 3.05) is 18.5 Å². The van der Waals surface area contributed by atoms with Crippen LogP contribution in [0.5, 0.6) is 5.75 Å². The Morgan fingerprint density at radius 3 is 2.60 bits per heavy atom. The average molecular weight is 275 g/mol. The number of hydrogen-bond acceptors (Lipinski definition) is 4. The van der Waals surface area contributed by atoms with Gasteiger partial charge in [-0.25, -0.2) is 0 Å². The highest BCUT2D eigenvalue weighted by Crippen LogP contribution is 2.13. The molecule has 0 aliphatic carbocycles. The lowest BCUT2D eigenvalue weighted by Gasteiger charge is -2.13. The van der Waals surface area contributed by atoms with Crippen molar-refractivity contribution in [3.63, 3.8) is 0 Å². The Morgan fingerprint density at radius 1 is 1.30 bits per heavy atom. The van der Waals surface area contributed by atoms with Gasteiger partial charge < -0.3 is 15.2 Å². The molecule has 2 N–H and O–H groups in total. The van der Waals surface area contributed by atoms with Crippen LogP contribution in [0.1, 0.15) is 11.3 Å². The van der Waals surface area contributed by atoms with Gasteiger partial charge in [0.15, 0.2) is 0 Å². The van der Waals surface area contributed by atoms with Crippen molar-refractivity contribution < 1.29 is 9.84 Å². The molecule has 1 heterocycles. The highest BCUT2D eigenvalue weighted by molar-refractivity contribution is 5.45. The summed E-state index contributed by atoms with van der Waals surface area (Å²) in [6, 6.07) is 7.78. The predicted molar refractivity (Wildman–Crippen MR) is 79.1 cm³/mol. The van der Waals surface area contributed by atoms with E-state index in [1.807, 2.05) is 51.4 Å². The predicted octanol–water partition coefficient (Wildman–Crippen LogP) is 1.89. The smallest absolute Gasteiger partial charge is 0.119 e. The molecular formula is C15H21N3O2. The molecule has 1 unspecified atom stereocenters. The summed E-state index contributed by atoms with van der Waals surface area (Å²) >= 11 is 0. The normalized spacial score (nSPS) is 12.2. The van der Waals surface area contributed by atoms with E-state index >= 15 is 0 Å². The molecule has 2 aromatic rings. The van der Waals surface area contributed by atoms with E-state index in [2.05, 4.69) is 10.4 Å². The van der Waals surface area contributed by atoms with Crippen LogP contribution < -0.4 is 10.1 Å². The van der Waals surface area contributed by atoms with Gasteiger partial charge in [0.25, 0.3) is 0 Å². The molecule has 5 nitrogen and oxygen atoms in total. The molecule has 0 radical (unpaired) electrons. The zero-order valence-electron chi connectivity index (χ0n) is 12.1. The number of anilines is 1. The molecule has 0 saturated heterocycles. The maximum absolute atomic E-state index is 9.91. The first-order valence-electron chi connectivity index (χ1n) is 6.66. The summed E-state index contributed by atoms with van der Waals surface area (Å²) in [6.07, 6.45) is 1.32. The van der Waals surface area contributed by atoms with Gasteiger partial charge >= 0.3 is 0 Å². The van der Waals surface area contributed by atoms with Gasteiger partial charge in [-0.1, -0.05) is 17.7 Å². The number of aryl methyl sites for hydroxylation is 3. The maximum atomic E-state index is 9.91. The van der Waals surface area contributed by atoms with Crippen LogP contribution in [0.25, 0.3) is 0 Å². The van der Waals surface area contributed by atoms with Crippen LogP contribution in [-0.4, -0.2) is 34.1 Å². The fraction of sp³-hybridized carbons (Fsp3) is 0.400. The molecule has 0 aliphatic rings. The highest BCUT2D eigenvalue weighted by atomic mass is 16.5. The van der Waals surface area contributed by atoms with Crippen LogP contribution in [0.15, 0.2) is 30.5 Å². The second-order valence-corrected chi connectivity index (χ2v) is 4.96. The Hall–Kier alpha value is -2.01. The lowest BCUT2D eigenvalue weighted by atomic mass is 10.2. The van der Waals surface area contributed by atoms with Crippen molar-refractivity contribution in [3.05, 3.63) is 41.7 Å². The van der Waals surface area contributed by atoms with Crippen molar-refractivity contribution in [3.8, 4) is 5.75 Å². The van der Waals surface area contributed by atoms with Gasteiger partial charge in [0.2, 0.25) is 0 Å². The fourth-order valence-corrected chi connectivity index (χ4v) is 1.89. The summed E-state index contributed by atoms with van der Waals surface area (Å²) in [5.41, 5.74) is 3.03. The molecule has 5 heteroatoms. The van der Waals surface area contributed by atoms with E-state index in [0.29, 0.717) is 6.54 Å². The minimum Gasteiger partial charge on any atom is -0.491 e. The van der Waals surface area contributed by atoms with Crippen LogP contribution in [-0.2, 0) is 7.05 Å². The standard InChI is InChI=1S/C15H21N3O2/c1-11-4-6-14(7-5-11)20-10-13(19)8-16-15-9-18(3)17-12(15)2/h4-7,9,13,16,19H,8,10H2,1-3H3. The van der Waals surface area contributed by atoms with Crippen molar-refractivity contribution in [1.82, 2.24) is 9.78 Å². The van der Waals surface area contributed by atoms with E-state index in [4.69, 9.17) is 4.74 Å². The monoisotopic (exact) mass is 275 g/mol. The molecule has 0 aliphatic heterocycles. The first-order chi connectivity index (χ1) is 9.54. The van der Waals surface area contributed by atoms with Gasteiger partial charge in [-0.3, -0.25) is 4.68 Å². The van der Waals surface area contributed by atoms with Crippen LogP contribution in [0.2, 0.25) is 0 Å². The van der Waals surface area contributed by atoms with E-state index in [-0.39, 0.29) is 6.61 Å². The van der Waals surface area contributed by atoms with Gasteiger partial charge in [0.05, 0.1) is 11.4 Å². The van der Waals surface area contributed by atoms with Gasteiger partial charge in [0, 0.05) is 19.8 Å². The van der Waals surface area contributed by atoms with E-state index in [1.54, 1.807) is 4.68 Å². The summed E-state index contributed by atoms with van der Waals surface area (Å²) < 4.78 is 7.28. The zero-order valence-corrected chi connectivity index (χ0v) is 12.1. The number of rotatable bonds is 6. The van der Waals surface area contributed by atoms with Gasteiger partial charge in [-0.05, 0) is 26.0 Å². The second-order valence-electron chi connectivity index (χ2n) is 4.96. The molecular weight excluding hydrogens is 254 g/mol. The quantitative estimate of drug-likeness (QED) is 0.845. The van der Waals surface area contributed by atoms with Crippen LogP contribution >= 0.6 is 0 Å². The number of ether oxygens (including phenoxy) is 1. The minimum absolute atomic E-state index is 0.259. The Kier molecular flexibility index (Phi) is 4.63. The third kappa shape index (κ3) is 3.99. The summed E-state index contributed by atoms with van der Waals surface area (Å²) in [7, 11) is 1.87. The number of nitrogens with zero attached hydrogens (tertiary/aromatic N) is 2. The summed E-state index contributed by atoms with van der Waals surface area (Å²) in [5.74, 6) is 0.771. The molecule has 1 aromatic heterocycles. The Bertz CT molecular complexity index is 549. The number of benzene rings is 1. The highest BCUT2D eigenvalue weighted by Gasteiger charge is 2.08. The van der Waals surface area contributed by atoms with E-state index in [1.165, 1.54) is 5.56 Å². The van der Waals surface area contributed by atoms with Crippen LogP contribution in [0, 0.1) is 13.8 Å². The number of aromatic nitrogens is 2. The fourth-order valence-electron chi connectivity index (χ4n) is 1.89. The first kappa shape index (κ1) is 14.4. The Balaban J connectivity index is 1.76. The van der Waals surface area contributed by atoms with Gasteiger partial charge in [-0.2, -0.15) is 5.10 Å². The molecule has 0 saturated carbocycles. The van der Waals surface area contributed by atoms with E-state index in [9.17, 15) is 5.11 Å². The summed E-state index contributed by atoms with van der Waals surface area (Å²) in [5, 5.41) is 17.3. The third-order valence-electron chi connectivity index (χ3n) is 3.00. The van der Waals surface area contributed by atoms with E-state index < -0.39 is 6.10 Å². The first-order valence-corrected chi connectivity index (χ1v) is 6.66. The largest absolute Gasteiger partial charge is 0.491 e. The topological polar surface area (TPSA) is 59.3 Å².